The second-order valence-electron chi connectivity index (χ2n) is 4.68. The number of para-hydroxylation sites is 1. The first-order chi connectivity index (χ1) is 10.1. The molecule has 3 aromatic rings. The number of carboxylic acids is 1. The molecule has 0 spiro atoms. The fourth-order valence-corrected chi connectivity index (χ4v) is 2.25. The maximum Gasteiger partial charge on any atom is 0.339 e. The monoisotopic (exact) mass is 283 g/mol. The Morgan fingerprint density at radius 3 is 2.52 bits per heavy atom. The average molecular weight is 283 g/mol. The Bertz CT molecular complexity index is 803. The number of hydrogen-bond donors (Lipinski definition) is 1. The van der Waals surface area contributed by atoms with Crippen LogP contribution in [0.5, 0.6) is 0 Å². The molecule has 6 nitrogen and oxygen atoms in total. The molecule has 0 saturated carbocycles. The first-order valence-corrected chi connectivity index (χ1v) is 6.40. The molecule has 0 aliphatic rings. The van der Waals surface area contributed by atoms with E-state index in [-0.39, 0.29) is 5.56 Å². The van der Waals surface area contributed by atoms with Gasteiger partial charge in [0.2, 0.25) is 0 Å². The van der Waals surface area contributed by atoms with Gasteiger partial charge in [0.05, 0.1) is 11.4 Å². The molecular formula is C15H13N3O3. The molecule has 0 aliphatic heterocycles. The van der Waals surface area contributed by atoms with E-state index in [1.54, 1.807) is 24.6 Å². The van der Waals surface area contributed by atoms with E-state index >= 15 is 0 Å². The summed E-state index contributed by atoms with van der Waals surface area (Å²) in [5, 5.41) is 17.7. The Kier molecular flexibility index (Phi) is 3.06. The zero-order chi connectivity index (χ0) is 15.0. The summed E-state index contributed by atoms with van der Waals surface area (Å²) in [6, 6.07) is 11.0. The van der Waals surface area contributed by atoms with E-state index in [0.29, 0.717) is 22.8 Å². The van der Waals surface area contributed by atoms with Gasteiger partial charge in [-0.3, -0.25) is 0 Å². The van der Waals surface area contributed by atoms with Gasteiger partial charge in [-0.15, -0.1) is 0 Å². The highest BCUT2D eigenvalue weighted by molar-refractivity contribution is 5.96. The van der Waals surface area contributed by atoms with Gasteiger partial charge in [0.15, 0.2) is 0 Å². The number of rotatable bonds is 3. The Hall–Kier alpha value is -2.89. The Morgan fingerprint density at radius 2 is 1.95 bits per heavy atom. The lowest BCUT2D eigenvalue weighted by Crippen LogP contribution is -2.03. The number of hydrogen-bond acceptors (Lipinski definition) is 4. The standard InChI is InChI=1S/C15H13N3O3/c1-9-8-12(17-21-9)14-13(15(19)20)10(2)16-18(14)11-6-4-3-5-7-11/h3-8H,1-2H3,(H,19,20). The van der Waals surface area contributed by atoms with Crippen LogP contribution in [0.1, 0.15) is 21.8 Å². The van der Waals surface area contributed by atoms with Gasteiger partial charge in [0.25, 0.3) is 0 Å². The summed E-state index contributed by atoms with van der Waals surface area (Å²) in [6.07, 6.45) is 0. The number of carbonyl (C=O) groups is 1. The lowest BCUT2D eigenvalue weighted by Gasteiger charge is -2.05. The molecule has 1 N–H and O–H groups in total. The molecule has 0 bridgehead atoms. The molecule has 0 unspecified atom stereocenters. The summed E-state index contributed by atoms with van der Waals surface area (Å²) < 4.78 is 6.65. The van der Waals surface area contributed by atoms with E-state index in [1.165, 1.54) is 0 Å². The number of carboxylic acid groups (broad SMARTS) is 1. The van der Waals surface area contributed by atoms with Crippen LogP contribution in [-0.2, 0) is 0 Å². The lowest BCUT2D eigenvalue weighted by molar-refractivity contribution is 0.0697. The van der Waals surface area contributed by atoms with Gasteiger partial charge in [-0.1, -0.05) is 23.4 Å². The number of aromatic nitrogens is 3. The van der Waals surface area contributed by atoms with Gasteiger partial charge in [0.1, 0.15) is 22.7 Å². The second kappa shape index (κ2) is 4.90. The topological polar surface area (TPSA) is 81.1 Å². The van der Waals surface area contributed by atoms with Crippen LogP contribution in [0.4, 0.5) is 0 Å². The van der Waals surface area contributed by atoms with Gasteiger partial charge in [0, 0.05) is 6.07 Å². The average Bonchev–Trinajstić information content (AvgIpc) is 3.03. The molecule has 3 rings (SSSR count). The van der Waals surface area contributed by atoms with Crippen molar-refractivity contribution in [2.75, 3.05) is 0 Å². The van der Waals surface area contributed by atoms with Crippen LogP contribution in [0, 0.1) is 13.8 Å². The van der Waals surface area contributed by atoms with E-state index in [4.69, 9.17) is 4.52 Å². The third-order valence-electron chi connectivity index (χ3n) is 3.15. The minimum Gasteiger partial charge on any atom is -0.478 e. The van der Waals surface area contributed by atoms with Crippen LogP contribution in [0.2, 0.25) is 0 Å². The molecular weight excluding hydrogens is 270 g/mol. The first kappa shape index (κ1) is 13.1. The fraction of sp³-hybridized carbons (Fsp3) is 0.133. The van der Waals surface area contributed by atoms with Crippen molar-refractivity contribution in [2.24, 2.45) is 0 Å². The molecule has 1 aromatic carbocycles. The normalized spacial score (nSPS) is 10.8. The molecule has 6 heteroatoms. The van der Waals surface area contributed by atoms with Crippen molar-refractivity contribution >= 4 is 5.97 Å². The predicted octanol–water partition coefficient (Wildman–Crippen LogP) is 2.84. The third kappa shape index (κ3) is 2.20. The van der Waals surface area contributed by atoms with Gasteiger partial charge in [-0.2, -0.15) is 5.10 Å². The largest absolute Gasteiger partial charge is 0.478 e. The highest BCUT2D eigenvalue weighted by Crippen LogP contribution is 2.28. The maximum absolute atomic E-state index is 11.6. The molecule has 21 heavy (non-hydrogen) atoms. The molecule has 0 fully saturated rings. The van der Waals surface area contributed by atoms with Crippen LogP contribution in [0.25, 0.3) is 17.1 Å². The molecule has 0 saturated heterocycles. The Balaban J connectivity index is 2.31. The highest BCUT2D eigenvalue weighted by atomic mass is 16.5. The molecule has 0 aliphatic carbocycles. The van der Waals surface area contributed by atoms with Crippen LogP contribution >= 0.6 is 0 Å². The predicted molar refractivity (Wildman–Crippen MR) is 75.5 cm³/mol. The van der Waals surface area contributed by atoms with Gasteiger partial charge in [-0.05, 0) is 26.0 Å². The van der Waals surface area contributed by atoms with E-state index in [2.05, 4.69) is 10.3 Å². The number of aryl methyl sites for hydroxylation is 2. The quantitative estimate of drug-likeness (QED) is 0.799. The maximum atomic E-state index is 11.6. The van der Waals surface area contributed by atoms with Gasteiger partial charge in [-0.25, -0.2) is 9.48 Å². The van der Waals surface area contributed by atoms with E-state index < -0.39 is 5.97 Å². The summed E-state index contributed by atoms with van der Waals surface area (Å²) in [5.41, 5.74) is 2.20. The van der Waals surface area contributed by atoms with Crippen molar-refractivity contribution in [3.8, 4) is 17.1 Å². The summed E-state index contributed by atoms with van der Waals surface area (Å²) in [6.45, 7) is 3.42. The fourth-order valence-electron chi connectivity index (χ4n) is 2.25. The Labute approximate surface area is 120 Å². The van der Waals surface area contributed by atoms with E-state index in [0.717, 1.165) is 5.69 Å². The molecule has 106 valence electrons. The summed E-state index contributed by atoms with van der Waals surface area (Å²) >= 11 is 0. The first-order valence-electron chi connectivity index (χ1n) is 6.40. The smallest absolute Gasteiger partial charge is 0.339 e. The summed E-state index contributed by atoms with van der Waals surface area (Å²) in [4.78, 5) is 11.6. The number of nitrogens with zero attached hydrogens (tertiary/aromatic N) is 3. The third-order valence-corrected chi connectivity index (χ3v) is 3.15. The van der Waals surface area contributed by atoms with Crippen LogP contribution in [-0.4, -0.2) is 26.0 Å². The molecule has 0 radical (unpaired) electrons. The zero-order valence-corrected chi connectivity index (χ0v) is 11.6. The SMILES string of the molecule is Cc1cc(-c2c(C(=O)O)c(C)nn2-c2ccccc2)no1. The Morgan fingerprint density at radius 1 is 1.24 bits per heavy atom. The van der Waals surface area contributed by atoms with Crippen molar-refractivity contribution in [2.45, 2.75) is 13.8 Å². The lowest BCUT2D eigenvalue weighted by atomic mass is 10.1. The molecule has 0 amide bonds. The van der Waals surface area contributed by atoms with Crippen molar-refractivity contribution in [1.82, 2.24) is 14.9 Å². The number of aromatic carboxylic acids is 1. The van der Waals surface area contributed by atoms with E-state index in [1.807, 2.05) is 30.3 Å². The summed E-state index contributed by atoms with van der Waals surface area (Å²) in [7, 11) is 0. The number of benzene rings is 1. The minimum atomic E-state index is -1.04. The van der Waals surface area contributed by atoms with Gasteiger partial charge >= 0.3 is 5.97 Å². The summed E-state index contributed by atoms with van der Waals surface area (Å²) in [5.74, 6) is -0.426. The van der Waals surface area contributed by atoms with Crippen molar-refractivity contribution < 1.29 is 14.4 Å². The zero-order valence-electron chi connectivity index (χ0n) is 11.6. The van der Waals surface area contributed by atoms with Crippen molar-refractivity contribution in [3.63, 3.8) is 0 Å². The van der Waals surface area contributed by atoms with Crippen LogP contribution < -0.4 is 0 Å². The highest BCUT2D eigenvalue weighted by Gasteiger charge is 2.25. The van der Waals surface area contributed by atoms with Crippen LogP contribution in [0.15, 0.2) is 40.9 Å². The van der Waals surface area contributed by atoms with E-state index in [9.17, 15) is 9.90 Å². The van der Waals surface area contributed by atoms with Crippen molar-refractivity contribution in [3.05, 3.63) is 53.4 Å². The molecule has 2 aromatic heterocycles. The van der Waals surface area contributed by atoms with Crippen molar-refractivity contribution in [1.29, 1.82) is 0 Å². The molecule has 2 heterocycles. The molecule has 0 atom stereocenters. The van der Waals surface area contributed by atoms with Crippen LogP contribution in [0.3, 0.4) is 0 Å². The second-order valence-corrected chi connectivity index (χ2v) is 4.68. The van der Waals surface area contributed by atoms with Gasteiger partial charge < -0.3 is 9.63 Å². The minimum absolute atomic E-state index is 0.132.